The highest BCUT2D eigenvalue weighted by molar-refractivity contribution is 7.61. The van der Waals surface area contributed by atoms with Gasteiger partial charge in [0.1, 0.15) is 48.1 Å². The molecule has 3 aromatic rings. The van der Waals surface area contributed by atoms with Gasteiger partial charge in [-0.15, -0.1) is 6.42 Å². The molecule has 2 aliphatic rings. The van der Waals surface area contributed by atoms with Crippen molar-refractivity contribution in [1.82, 2.24) is 19.5 Å². The molecule has 0 radical (unpaired) electrons. The van der Waals surface area contributed by atoms with E-state index in [1.54, 1.807) is 0 Å². The summed E-state index contributed by atoms with van der Waals surface area (Å²) in [5.41, 5.74) is 13.7. The van der Waals surface area contributed by atoms with E-state index in [1.165, 1.54) is 0 Å². The zero-order valence-electron chi connectivity index (χ0n) is 26.1. The zero-order chi connectivity index (χ0) is 39.0. The van der Waals surface area contributed by atoms with Gasteiger partial charge < -0.3 is 55.2 Å². The summed E-state index contributed by atoms with van der Waals surface area (Å²) in [6, 6.07) is 1.00. The van der Waals surface area contributed by atoms with Gasteiger partial charge >= 0.3 is 29.4 Å². The summed E-state index contributed by atoms with van der Waals surface area (Å²) in [4.78, 5) is 65.1. The van der Waals surface area contributed by atoms with Crippen LogP contribution < -0.4 is 10.3 Å². The van der Waals surface area contributed by atoms with Crippen molar-refractivity contribution >= 4 is 52.1 Å². The van der Waals surface area contributed by atoms with Crippen LogP contribution in [-0.4, -0.2) is 115 Å². The lowest BCUT2D eigenvalue weighted by Gasteiger charge is -2.22. The Labute approximate surface area is 294 Å². The first kappa shape index (κ1) is 40.2. The highest BCUT2D eigenvalue weighted by atomic mass is 31.3. The van der Waals surface area contributed by atoms with Gasteiger partial charge in [0.15, 0.2) is 47.5 Å². The van der Waals surface area contributed by atoms with Gasteiger partial charge in [0, 0.05) is 4.91 Å². The number of aromatic nitrogens is 5. The molecule has 0 aromatic carbocycles. The van der Waals surface area contributed by atoms with Crippen LogP contribution in [0.2, 0.25) is 0 Å². The van der Waals surface area contributed by atoms with Crippen LogP contribution in [0.1, 0.15) is 28.6 Å². The largest absolute Gasteiger partial charge is 0.481 e. The van der Waals surface area contributed by atoms with Gasteiger partial charge in [0.25, 0.3) is 6.23 Å². The number of aromatic carboxylic acids is 1. The number of ether oxygens (including phenoxy) is 2. The number of phosphoric acid groups is 3. The monoisotopic (exact) mass is 810 g/mol. The lowest BCUT2D eigenvalue weighted by molar-refractivity contribution is -0.765. The molecule has 0 aliphatic carbocycles. The van der Waals surface area contributed by atoms with Gasteiger partial charge in [0.2, 0.25) is 0 Å². The molecule has 2 saturated heterocycles. The molecule has 0 bridgehead atoms. The summed E-state index contributed by atoms with van der Waals surface area (Å²) in [7, 11) is -16.6. The van der Waals surface area contributed by atoms with Crippen molar-refractivity contribution in [3.05, 3.63) is 46.6 Å². The number of aliphatic hydroxyl groups is 3. The van der Waals surface area contributed by atoms with Crippen LogP contribution in [0.3, 0.4) is 0 Å². The molecule has 30 heteroatoms. The van der Waals surface area contributed by atoms with Crippen LogP contribution in [0.5, 0.6) is 0 Å². The number of hydrogen-bond donors (Lipinski definition) is 9. The lowest BCUT2D eigenvalue weighted by atomic mass is 10.1. The van der Waals surface area contributed by atoms with Crippen LogP contribution >= 0.6 is 23.5 Å². The van der Waals surface area contributed by atoms with E-state index in [4.69, 9.17) is 36.2 Å². The fourth-order valence-corrected chi connectivity index (χ4v) is 7.82. The van der Waals surface area contributed by atoms with E-state index in [-0.39, 0.29) is 28.5 Å². The number of terminal acetylenes is 1. The first-order valence-electron chi connectivity index (χ1n) is 14.3. The fraction of sp³-hybridized carbons (Fsp3) is 0.435. The van der Waals surface area contributed by atoms with Crippen molar-refractivity contribution < 1.29 is 90.4 Å². The van der Waals surface area contributed by atoms with Gasteiger partial charge in [0.05, 0.1) is 13.2 Å². The second kappa shape index (κ2) is 15.4. The van der Waals surface area contributed by atoms with Crippen molar-refractivity contribution in [3.63, 3.8) is 0 Å². The number of nitrogens with zero attached hydrogens (tertiary/aromatic N) is 8. The minimum Gasteiger partial charge on any atom is -0.477 e. The highest BCUT2D eigenvalue weighted by Crippen LogP contribution is 2.61. The summed E-state index contributed by atoms with van der Waals surface area (Å²) in [5.74, 6) is 0.293. The third kappa shape index (κ3) is 9.04. The Kier molecular flexibility index (Phi) is 11.7. The molecule has 0 amide bonds. The Morgan fingerprint density at radius 1 is 1.06 bits per heavy atom. The molecule has 0 saturated carbocycles. The van der Waals surface area contributed by atoms with Crippen LogP contribution in [0.4, 0.5) is 11.5 Å². The smallest absolute Gasteiger partial charge is 0.477 e. The molecule has 5 rings (SSSR count). The number of azide groups is 1. The maximum atomic E-state index is 12.7. The molecular formula is C23H27N9O18P3+. The van der Waals surface area contributed by atoms with Crippen LogP contribution in [0.15, 0.2) is 29.9 Å². The molecule has 10 N–H and O–H groups in total. The van der Waals surface area contributed by atoms with Crippen molar-refractivity contribution in [2.45, 2.75) is 49.1 Å². The number of hydrogen-bond acceptors (Lipinski definition) is 18. The number of phosphoric ester groups is 3. The maximum Gasteiger partial charge on any atom is 0.481 e. The number of imidazole rings is 1. The van der Waals surface area contributed by atoms with Crippen molar-refractivity contribution in [2.75, 3.05) is 18.9 Å². The maximum absolute atomic E-state index is 12.7. The molecule has 2 fully saturated rings. The first-order valence-corrected chi connectivity index (χ1v) is 18.8. The molecule has 10 atom stereocenters. The van der Waals surface area contributed by atoms with E-state index in [2.05, 4.69) is 39.7 Å². The highest BCUT2D eigenvalue weighted by Gasteiger charge is 2.52. The summed E-state index contributed by atoms with van der Waals surface area (Å²) < 4.78 is 68.4. The van der Waals surface area contributed by atoms with E-state index < -0.39 is 97.3 Å². The first-order chi connectivity index (χ1) is 24.7. The number of aliphatic hydroxyl groups excluding tert-OH is 3. The van der Waals surface area contributed by atoms with E-state index in [0.717, 1.165) is 33.9 Å². The summed E-state index contributed by atoms with van der Waals surface area (Å²) in [6.45, 7) is -2.24. The minimum absolute atomic E-state index is 0.0636. The Morgan fingerprint density at radius 3 is 2.28 bits per heavy atom. The topological polar surface area (TPSA) is 408 Å². The average molecular weight is 810 g/mol. The number of fused-ring (bicyclic) bond motifs is 1. The number of anilines is 1. The van der Waals surface area contributed by atoms with Gasteiger partial charge in [-0.1, -0.05) is 5.11 Å². The number of carbonyl (C=O) groups is 1. The quantitative estimate of drug-likeness (QED) is 0.0226. The number of carboxylic acids is 1. The van der Waals surface area contributed by atoms with Gasteiger partial charge in [-0.25, -0.2) is 33.4 Å². The number of carboxylic acid groups (broad SMARTS) is 1. The third-order valence-corrected chi connectivity index (χ3v) is 10.5. The number of rotatable bonds is 14. The molecule has 5 heterocycles. The van der Waals surface area contributed by atoms with Crippen LogP contribution in [-0.2, 0) is 41.1 Å². The summed E-state index contributed by atoms with van der Waals surface area (Å²) in [5, 5.41) is 44.5. The Bertz CT molecular complexity index is 2120. The molecule has 3 aromatic heterocycles. The van der Waals surface area contributed by atoms with Gasteiger partial charge in [-0.3, -0.25) is 18.1 Å². The van der Waals surface area contributed by atoms with Gasteiger partial charge in [-0.05, 0) is 17.5 Å². The van der Waals surface area contributed by atoms with Crippen LogP contribution in [0, 0.1) is 12.3 Å². The number of nitrogens with two attached hydrogens (primary N) is 1. The average Bonchev–Trinajstić information content (AvgIpc) is 3.69. The molecular weight excluding hydrogens is 783 g/mol. The molecule has 286 valence electrons. The number of nitrogen functional groups attached to an aromatic ring is 1. The SMILES string of the molecule is C#Cc1nc2c(N)ncnc2n1[C@@H]1O[C@H](COP(=O)(O)OP(=O)(O)OC[C@H]2O[C@@H]([n+]3cc(N=[N+]=[N-])cc(C(=O)O)c3)[C@H](O)[C@@H]2O)[C@@H](O)[C@H]1OP(=O)(O)O. The van der Waals surface area contributed by atoms with Crippen molar-refractivity contribution in [1.29, 1.82) is 0 Å². The number of pyridine rings is 1. The van der Waals surface area contributed by atoms with Crippen molar-refractivity contribution in [3.8, 4) is 12.3 Å². The molecule has 2 aliphatic heterocycles. The predicted molar refractivity (Wildman–Crippen MR) is 165 cm³/mol. The van der Waals surface area contributed by atoms with Crippen molar-refractivity contribution in [2.24, 2.45) is 5.11 Å². The van der Waals surface area contributed by atoms with E-state index >= 15 is 0 Å². The second-order valence-corrected chi connectivity index (χ2v) is 15.1. The summed E-state index contributed by atoms with van der Waals surface area (Å²) in [6.07, 6.45) is -5.86. The molecule has 0 spiro atoms. The third-order valence-electron chi connectivity index (χ3n) is 7.38. The normalized spacial score (nSPS) is 28.2. The minimum atomic E-state index is -5.63. The molecule has 53 heavy (non-hydrogen) atoms. The molecule has 2 unspecified atom stereocenters. The summed E-state index contributed by atoms with van der Waals surface area (Å²) >= 11 is 0. The predicted octanol–water partition coefficient (Wildman–Crippen LogP) is -1.38. The Balaban J connectivity index is 1.25. The van der Waals surface area contributed by atoms with E-state index in [9.17, 15) is 58.5 Å². The van der Waals surface area contributed by atoms with E-state index in [1.807, 2.05) is 0 Å². The molecule has 27 nitrogen and oxygen atoms in total. The van der Waals surface area contributed by atoms with E-state index in [0.29, 0.717) is 0 Å². The zero-order valence-corrected chi connectivity index (χ0v) is 28.8. The van der Waals surface area contributed by atoms with Crippen LogP contribution in [0.25, 0.3) is 21.6 Å². The second-order valence-electron chi connectivity index (χ2n) is 10.9. The Morgan fingerprint density at radius 2 is 1.70 bits per heavy atom. The lowest BCUT2D eigenvalue weighted by Crippen LogP contribution is -2.46. The van der Waals surface area contributed by atoms with Gasteiger partial charge in [-0.2, -0.15) is 8.88 Å². The standard InChI is InChI=1S/C23H26N9O18P3/c1-2-13-28-14-19(24)26-8-27-20(14)32(13)22-18(49-51(38,39)40)16(34)12(48-22)7-46-53(43,44)50-52(41,42)45-6-11-15(33)17(35)21(47-11)31-4-9(23(36)37)3-10(5-31)29-30-25/h1,3-5,8,11-12,15-18,21-22,33-35H,6-7H2,(H6-,24,26,27,36,37,38,39,40,41,42,43,44)/p+1/t11-,12-,15-,16-,17-,18-,21-,22-/m1/s1. The fourth-order valence-electron chi connectivity index (χ4n) is 5.19. The Hall–Kier alpha value is -3.99.